The molecule has 5 aromatic rings. The Labute approximate surface area is 242 Å². The van der Waals surface area contributed by atoms with Crippen LogP contribution in [0, 0.1) is 22.7 Å². The molecule has 0 unspecified atom stereocenters. The molecule has 0 saturated heterocycles. The highest BCUT2D eigenvalue weighted by molar-refractivity contribution is 5.83. The van der Waals surface area contributed by atoms with Gasteiger partial charge in [-0.15, -0.1) is 0 Å². The largest absolute Gasteiger partial charge is 0.497 e. The van der Waals surface area contributed by atoms with E-state index in [4.69, 9.17) is 39.4 Å². The Bertz CT molecular complexity index is 1820. The van der Waals surface area contributed by atoms with Crippen LogP contribution < -0.4 is 24.3 Å². The summed E-state index contributed by atoms with van der Waals surface area (Å²) < 4.78 is 25.2. The molecule has 5 rings (SSSR count). The second kappa shape index (κ2) is 12.5. The number of nitriles is 2. The third kappa shape index (κ3) is 5.93. The number of ether oxygens (including phenoxy) is 4. The van der Waals surface area contributed by atoms with E-state index in [0.717, 1.165) is 11.3 Å². The van der Waals surface area contributed by atoms with Crippen LogP contribution >= 0.6 is 0 Å². The first-order valence-corrected chi connectivity index (χ1v) is 12.8. The summed E-state index contributed by atoms with van der Waals surface area (Å²) in [5.41, 5.74) is 4.27. The number of nitrogens with zero attached hydrogens (tertiary/aromatic N) is 5. The molecule has 0 bridgehead atoms. The van der Waals surface area contributed by atoms with Crippen LogP contribution in [-0.2, 0) is 6.54 Å². The maximum Gasteiger partial charge on any atom is 0.249 e. The van der Waals surface area contributed by atoms with Crippen LogP contribution in [0.3, 0.4) is 0 Å². The number of aromatic nitrogens is 3. The van der Waals surface area contributed by atoms with E-state index in [1.54, 1.807) is 49.6 Å². The van der Waals surface area contributed by atoms with Crippen molar-refractivity contribution in [3.05, 3.63) is 95.7 Å². The molecule has 0 aliphatic rings. The molecule has 0 fully saturated rings. The van der Waals surface area contributed by atoms with Gasteiger partial charge >= 0.3 is 0 Å². The minimum Gasteiger partial charge on any atom is -0.497 e. The average Bonchev–Trinajstić information content (AvgIpc) is 3.43. The smallest absolute Gasteiger partial charge is 0.249 e. The number of rotatable bonds is 10. The van der Waals surface area contributed by atoms with Gasteiger partial charge in [0.1, 0.15) is 11.3 Å². The molecule has 42 heavy (non-hydrogen) atoms. The Balaban J connectivity index is 1.62. The predicted molar refractivity (Wildman–Crippen MR) is 158 cm³/mol. The lowest BCUT2D eigenvalue weighted by Gasteiger charge is -2.17. The molecule has 0 aliphatic carbocycles. The van der Waals surface area contributed by atoms with E-state index >= 15 is 0 Å². The fraction of sp³-hybridized carbons (Fsp3) is 0.125. The van der Waals surface area contributed by atoms with E-state index in [0.29, 0.717) is 57.6 Å². The fourth-order valence-corrected chi connectivity index (χ4v) is 4.38. The van der Waals surface area contributed by atoms with Crippen molar-refractivity contribution < 1.29 is 18.9 Å². The monoisotopic (exact) mass is 558 g/mol. The van der Waals surface area contributed by atoms with Crippen LogP contribution in [0.4, 0.5) is 11.6 Å². The molecule has 10 nitrogen and oxygen atoms in total. The van der Waals surface area contributed by atoms with Crippen molar-refractivity contribution in [2.75, 3.05) is 26.6 Å². The SMILES string of the molecule is COc1cccc(Cn2ccc3nc(Nc4ccc(C#N)cc4)nc(Oc4c(OC)cc(/C=C/C#N)cc4OC)c32)c1. The highest BCUT2D eigenvalue weighted by Gasteiger charge is 2.21. The van der Waals surface area contributed by atoms with Gasteiger partial charge in [0.15, 0.2) is 11.5 Å². The molecule has 208 valence electrons. The third-order valence-electron chi connectivity index (χ3n) is 6.37. The zero-order chi connectivity index (χ0) is 29.5. The van der Waals surface area contributed by atoms with E-state index in [2.05, 4.69) is 11.4 Å². The first-order chi connectivity index (χ1) is 20.5. The number of benzene rings is 3. The summed E-state index contributed by atoms with van der Waals surface area (Å²) in [6, 6.07) is 24.3. The summed E-state index contributed by atoms with van der Waals surface area (Å²) in [5.74, 6) is 2.42. The number of hydrogen-bond acceptors (Lipinski definition) is 9. The van der Waals surface area contributed by atoms with Gasteiger partial charge in [-0.2, -0.15) is 15.5 Å². The van der Waals surface area contributed by atoms with Gasteiger partial charge in [0.2, 0.25) is 17.6 Å². The quantitative estimate of drug-likeness (QED) is 0.192. The number of methoxy groups -OCH3 is 3. The molecular formula is C32H26N6O4. The molecular weight excluding hydrogens is 532 g/mol. The van der Waals surface area contributed by atoms with Gasteiger partial charge in [-0.3, -0.25) is 0 Å². The van der Waals surface area contributed by atoms with E-state index in [9.17, 15) is 0 Å². The summed E-state index contributed by atoms with van der Waals surface area (Å²) in [4.78, 5) is 9.47. The Morgan fingerprint density at radius 3 is 2.33 bits per heavy atom. The average molecular weight is 559 g/mol. The van der Waals surface area contributed by atoms with E-state index in [1.807, 2.05) is 47.2 Å². The highest BCUT2D eigenvalue weighted by Crippen LogP contribution is 2.43. The molecule has 0 saturated carbocycles. The lowest BCUT2D eigenvalue weighted by atomic mass is 10.1. The number of fused-ring (bicyclic) bond motifs is 1. The fourth-order valence-electron chi connectivity index (χ4n) is 4.38. The van der Waals surface area contributed by atoms with Crippen molar-refractivity contribution in [2.24, 2.45) is 0 Å². The van der Waals surface area contributed by atoms with Crippen LogP contribution in [0.15, 0.2) is 79.0 Å². The summed E-state index contributed by atoms with van der Waals surface area (Å²) in [6.07, 6.45) is 4.94. The van der Waals surface area contributed by atoms with Crippen molar-refractivity contribution >= 4 is 28.7 Å². The van der Waals surface area contributed by atoms with Gasteiger partial charge in [-0.25, -0.2) is 4.98 Å². The van der Waals surface area contributed by atoms with Gasteiger partial charge in [-0.05, 0) is 71.8 Å². The second-order valence-electron chi connectivity index (χ2n) is 9.01. The number of hydrogen-bond donors (Lipinski definition) is 1. The van der Waals surface area contributed by atoms with Crippen molar-refractivity contribution in [3.63, 3.8) is 0 Å². The van der Waals surface area contributed by atoms with Gasteiger partial charge in [0, 0.05) is 24.5 Å². The van der Waals surface area contributed by atoms with Crippen molar-refractivity contribution in [1.82, 2.24) is 14.5 Å². The summed E-state index contributed by atoms with van der Waals surface area (Å²) in [6.45, 7) is 0.509. The molecule has 2 aromatic heterocycles. The highest BCUT2D eigenvalue weighted by atomic mass is 16.5. The summed E-state index contributed by atoms with van der Waals surface area (Å²) in [5, 5.41) is 21.3. The van der Waals surface area contributed by atoms with Crippen molar-refractivity contribution in [1.29, 1.82) is 10.5 Å². The normalized spacial score (nSPS) is 10.7. The topological polar surface area (TPSA) is 127 Å². The lowest BCUT2D eigenvalue weighted by molar-refractivity contribution is 0.343. The van der Waals surface area contributed by atoms with Crippen molar-refractivity contribution in [2.45, 2.75) is 6.54 Å². The second-order valence-corrected chi connectivity index (χ2v) is 9.01. The number of nitrogens with one attached hydrogen (secondary N) is 1. The van der Waals surface area contributed by atoms with Crippen LogP contribution in [0.25, 0.3) is 17.1 Å². The maximum absolute atomic E-state index is 9.14. The molecule has 0 amide bonds. The van der Waals surface area contributed by atoms with Gasteiger partial charge < -0.3 is 28.8 Å². The first kappa shape index (κ1) is 27.6. The summed E-state index contributed by atoms with van der Waals surface area (Å²) in [7, 11) is 4.69. The Kier molecular flexibility index (Phi) is 8.17. The van der Waals surface area contributed by atoms with Crippen LogP contribution in [0.1, 0.15) is 16.7 Å². The molecule has 0 atom stereocenters. The predicted octanol–water partition coefficient (Wildman–Crippen LogP) is 6.45. The molecule has 1 N–H and O–H groups in total. The summed E-state index contributed by atoms with van der Waals surface area (Å²) >= 11 is 0. The van der Waals surface area contributed by atoms with Crippen LogP contribution in [0.2, 0.25) is 0 Å². The van der Waals surface area contributed by atoms with Crippen molar-refractivity contribution in [3.8, 4) is 41.0 Å². The van der Waals surface area contributed by atoms with Gasteiger partial charge in [-0.1, -0.05) is 12.1 Å². The van der Waals surface area contributed by atoms with E-state index < -0.39 is 0 Å². The van der Waals surface area contributed by atoms with E-state index in [-0.39, 0.29) is 5.88 Å². The molecule has 10 heteroatoms. The number of anilines is 2. The third-order valence-corrected chi connectivity index (χ3v) is 6.37. The molecule has 0 radical (unpaired) electrons. The lowest BCUT2D eigenvalue weighted by Crippen LogP contribution is -2.05. The number of allylic oxidation sites excluding steroid dienone is 1. The first-order valence-electron chi connectivity index (χ1n) is 12.8. The minimum absolute atomic E-state index is 0.265. The maximum atomic E-state index is 9.14. The van der Waals surface area contributed by atoms with Crippen LogP contribution in [-0.4, -0.2) is 35.9 Å². The zero-order valence-electron chi connectivity index (χ0n) is 23.2. The van der Waals surface area contributed by atoms with Crippen LogP contribution in [0.5, 0.6) is 28.9 Å². The zero-order valence-corrected chi connectivity index (χ0v) is 23.2. The van der Waals surface area contributed by atoms with Gasteiger partial charge in [0.25, 0.3) is 0 Å². The van der Waals surface area contributed by atoms with E-state index in [1.165, 1.54) is 20.3 Å². The molecule has 2 heterocycles. The molecule has 0 aliphatic heterocycles. The van der Waals surface area contributed by atoms with Gasteiger partial charge in [0.05, 0.1) is 44.5 Å². The Morgan fingerprint density at radius 1 is 0.905 bits per heavy atom. The Hall–Kier alpha value is -6.00. The molecule has 0 spiro atoms. The standard InChI is InChI=1S/C32H26N6O4/c1-39-25-8-4-6-23(16-25)20-38-15-13-26-29(38)31(37-32(36-26)35-24-11-9-21(19-34)10-12-24)42-30-27(40-2)17-22(7-5-14-33)18-28(30)41-3/h4-13,15-18H,20H2,1-3H3,(H,35,36,37)/b7-5+. The Morgan fingerprint density at radius 2 is 1.67 bits per heavy atom. The molecule has 3 aromatic carbocycles. The minimum atomic E-state index is 0.265.